The van der Waals surface area contributed by atoms with Crippen molar-refractivity contribution < 1.29 is 32.2 Å². The zero-order valence-electron chi connectivity index (χ0n) is 19.0. The van der Waals surface area contributed by atoms with Crippen molar-refractivity contribution in [2.75, 3.05) is 31.7 Å². The Labute approximate surface area is 195 Å². The van der Waals surface area contributed by atoms with Gasteiger partial charge in [-0.3, -0.25) is 4.79 Å². The van der Waals surface area contributed by atoms with Gasteiger partial charge >= 0.3 is 6.18 Å². The van der Waals surface area contributed by atoms with Crippen LogP contribution in [-0.4, -0.2) is 47.8 Å². The number of nitrogens with zero attached hydrogens (tertiary/aromatic N) is 2. The third-order valence-electron chi connectivity index (χ3n) is 5.70. The maximum Gasteiger partial charge on any atom is 0.416 e. The van der Waals surface area contributed by atoms with E-state index in [4.69, 9.17) is 14.2 Å². The van der Waals surface area contributed by atoms with Gasteiger partial charge in [-0.1, -0.05) is 12.1 Å². The lowest BCUT2D eigenvalue weighted by Crippen LogP contribution is -2.47. The standard InChI is InChI=1S/C23H27F3N4O4/c1-14-28-17(11-18(31)30-22(2)6-7-32-13-22)19(21-33-8-9-34-21)20(29-14)27-12-15-4-3-5-16(10-15)23(24,25)26/h3-5,10,21H,6-9,11-13H2,1-2H3,(H,30,31)(H,27,28,29). The van der Waals surface area contributed by atoms with Crippen LogP contribution in [0.3, 0.4) is 0 Å². The number of carbonyl (C=O) groups is 1. The Hall–Kier alpha value is -2.76. The summed E-state index contributed by atoms with van der Waals surface area (Å²) in [5.41, 5.74) is 0.169. The van der Waals surface area contributed by atoms with E-state index in [1.807, 2.05) is 6.92 Å². The second-order valence-electron chi connectivity index (χ2n) is 8.69. The molecule has 2 saturated heterocycles. The Balaban J connectivity index is 1.58. The van der Waals surface area contributed by atoms with E-state index in [-0.39, 0.29) is 18.9 Å². The molecule has 1 aromatic heterocycles. The minimum Gasteiger partial charge on any atom is -0.379 e. The summed E-state index contributed by atoms with van der Waals surface area (Å²) < 4.78 is 56.0. The Morgan fingerprint density at radius 3 is 2.65 bits per heavy atom. The van der Waals surface area contributed by atoms with Crippen molar-refractivity contribution in [2.24, 2.45) is 0 Å². The third kappa shape index (κ3) is 5.83. The Bertz CT molecular complexity index is 1040. The van der Waals surface area contributed by atoms with E-state index in [1.54, 1.807) is 13.0 Å². The van der Waals surface area contributed by atoms with Gasteiger partial charge in [0.25, 0.3) is 0 Å². The first-order valence-electron chi connectivity index (χ1n) is 11.0. The molecule has 34 heavy (non-hydrogen) atoms. The van der Waals surface area contributed by atoms with E-state index < -0.39 is 23.6 Å². The second-order valence-corrected chi connectivity index (χ2v) is 8.69. The van der Waals surface area contributed by atoms with Crippen molar-refractivity contribution in [1.29, 1.82) is 0 Å². The van der Waals surface area contributed by atoms with Gasteiger partial charge in [0.05, 0.1) is 48.6 Å². The Kier molecular flexibility index (Phi) is 7.06. The number of nitrogens with one attached hydrogen (secondary N) is 2. The van der Waals surface area contributed by atoms with Crippen LogP contribution in [0, 0.1) is 6.92 Å². The van der Waals surface area contributed by atoms with Crippen LogP contribution >= 0.6 is 0 Å². The first-order chi connectivity index (χ1) is 16.1. The molecule has 3 heterocycles. The molecule has 1 aromatic carbocycles. The Morgan fingerprint density at radius 2 is 1.97 bits per heavy atom. The molecule has 0 radical (unpaired) electrons. The summed E-state index contributed by atoms with van der Waals surface area (Å²) in [6, 6.07) is 5.06. The van der Waals surface area contributed by atoms with Crippen LogP contribution in [0.5, 0.6) is 0 Å². The minimum atomic E-state index is -4.43. The van der Waals surface area contributed by atoms with Gasteiger partial charge in [-0.15, -0.1) is 0 Å². The lowest BCUT2D eigenvalue weighted by Gasteiger charge is -2.24. The number of aromatic nitrogens is 2. The topological polar surface area (TPSA) is 94.6 Å². The van der Waals surface area contributed by atoms with E-state index in [9.17, 15) is 18.0 Å². The number of amides is 1. The van der Waals surface area contributed by atoms with Gasteiger partial charge < -0.3 is 24.8 Å². The third-order valence-corrected chi connectivity index (χ3v) is 5.70. The largest absolute Gasteiger partial charge is 0.416 e. The summed E-state index contributed by atoms with van der Waals surface area (Å²) in [5.74, 6) is 0.538. The molecule has 1 atom stereocenters. The van der Waals surface area contributed by atoms with E-state index in [0.29, 0.717) is 61.3 Å². The van der Waals surface area contributed by atoms with Crippen molar-refractivity contribution in [2.45, 2.75) is 51.2 Å². The maximum atomic E-state index is 13.1. The van der Waals surface area contributed by atoms with Crippen LogP contribution in [0.1, 0.15) is 47.8 Å². The molecular weight excluding hydrogens is 453 g/mol. The molecule has 1 unspecified atom stereocenters. The summed E-state index contributed by atoms with van der Waals surface area (Å²) in [6.07, 6.45) is -4.53. The van der Waals surface area contributed by atoms with Crippen LogP contribution < -0.4 is 10.6 Å². The van der Waals surface area contributed by atoms with Crippen molar-refractivity contribution in [1.82, 2.24) is 15.3 Å². The molecule has 2 aromatic rings. The van der Waals surface area contributed by atoms with E-state index in [2.05, 4.69) is 20.6 Å². The average Bonchev–Trinajstić information content (AvgIpc) is 3.43. The van der Waals surface area contributed by atoms with Crippen molar-refractivity contribution in [3.8, 4) is 0 Å². The molecule has 11 heteroatoms. The molecule has 0 bridgehead atoms. The lowest BCUT2D eigenvalue weighted by molar-refractivity contribution is -0.137. The number of rotatable bonds is 7. The quantitative estimate of drug-likeness (QED) is 0.628. The predicted octanol–water partition coefficient (Wildman–Crippen LogP) is 3.30. The smallest absolute Gasteiger partial charge is 0.379 e. The molecule has 2 aliphatic rings. The van der Waals surface area contributed by atoms with Gasteiger partial charge in [-0.05, 0) is 38.0 Å². The van der Waals surface area contributed by atoms with Crippen LogP contribution in [0.25, 0.3) is 0 Å². The maximum absolute atomic E-state index is 13.1. The highest BCUT2D eigenvalue weighted by Gasteiger charge is 2.33. The highest BCUT2D eigenvalue weighted by Crippen LogP contribution is 2.33. The van der Waals surface area contributed by atoms with Crippen molar-refractivity contribution in [3.05, 3.63) is 52.5 Å². The van der Waals surface area contributed by atoms with Crippen LogP contribution in [0.2, 0.25) is 0 Å². The SMILES string of the molecule is Cc1nc(CC(=O)NC2(C)CCOC2)c(C2OCCO2)c(NCc2cccc(C(F)(F)F)c2)n1. The zero-order valence-corrected chi connectivity index (χ0v) is 19.0. The number of aryl methyl sites for hydroxylation is 1. The number of carbonyl (C=O) groups excluding carboxylic acids is 1. The predicted molar refractivity (Wildman–Crippen MR) is 116 cm³/mol. The number of hydrogen-bond acceptors (Lipinski definition) is 7. The van der Waals surface area contributed by atoms with Gasteiger partial charge in [0, 0.05) is 13.2 Å². The lowest BCUT2D eigenvalue weighted by atomic mass is 10.0. The Morgan fingerprint density at radius 1 is 1.21 bits per heavy atom. The number of ether oxygens (including phenoxy) is 3. The number of alkyl halides is 3. The van der Waals surface area contributed by atoms with Gasteiger partial charge in [0.2, 0.25) is 5.91 Å². The molecule has 0 spiro atoms. The van der Waals surface area contributed by atoms with Gasteiger partial charge in [-0.2, -0.15) is 13.2 Å². The summed E-state index contributed by atoms with van der Waals surface area (Å²) in [7, 11) is 0. The first kappa shape index (κ1) is 24.4. The molecule has 2 aliphatic heterocycles. The van der Waals surface area contributed by atoms with Gasteiger partial charge in [0.1, 0.15) is 11.6 Å². The van der Waals surface area contributed by atoms with Crippen LogP contribution in [0.15, 0.2) is 24.3 Å². The number of anilines is 1. The molecule has 2 fully saturated rings. The van der Waals surface area contributed by atoms with Gasteiger partial charge in [0.15, 0.2) is 6.29 Å². The fourth-order valence-electron chi connectivity index (χ4n) is 4.02. The summed E-state index contributed by atoms with van der Waals surface area (Å²) >= 11 is 0. The molecule has 184 valence electrons. The van der Waals surface area contributed by atoms with E-state index in [1.165, 1.54) is 6.07 Å². The molecule has 4 rings (SSSR count). The summed E-state index contributed by atoms with van der Waals surface area (Å²) in [4.78, 5) is 21.7. The molecule has 1 amide bonds. The summed E-state index contributed by atoms with van der Waals surface area (Å²) in [5, 5.41) is 6.10. The fourth-order valence-corrected chi connectivity index (χ4v) is 4.02. The normalized spacial score (nSPS) is 21.1. The second kappa shape index (κ2) is 9.85. The average molecular weight is 480 g/mol. The molecular formula is C23H27F3N4O4. The molecule has 0 aliphatic carbocycles. The van der Waals surface area contributed by atoms with Crippen LogP contribution in [0.4, 0.5) is 19.0 Å². The van der Waals surface area contributed by atoms with Gasteiger partial charge in [-0.25, -0.2) is 9.97 Å². The zero-order chi connectivity index (χ0) is 24.3. The molecule has 2 N–H and O–H groups in total. The fraction of sp³-hybridized carbons (Fsp3) is 0.522. The highest BCUT2D eigenvalue weighted by atomic mass is 19.4. The number of halogens is 3. The highest BCUT2D eigenvalue weighted by molar-refractivity contribution is 5.79. The number of benzene rings is 1. The van der Waals surface area contributed by atoms with E-state index >= 15 is 0 Å². The van der Waals surface area contributed by atoms with Crippen LogP contribution in [-0.2, 0) is 38.1 Å². The first-order valence-corrected chi connectivity index (χ1v) is 11.0. The minimum absolute atomic E-state index is 0.0320. The monoisotopic (exact) mass is 480 g/mol. The number of hydrogen-bond donors (Lipinski definition) is 2. The molecule has 8 nitrogen and oxygen atoms in total. The summed E-state index contributed by atoms with van der Waals surface area (Å²) in [6.45, 7) is 5.45. The molecule has 0 saturated carbocycles. The van der Waals surface area contributed by atoms with E-state index in [0.717, 1.165) is 12.1 Å². The van der Waals surface area contributed by atoms with Crippen molar-refractivity contribution in [3.63, 3.8) is 0 Å². The van der Waals surface area contributed by atoms with Crippen molar-refractivity contribution >= 4 is 11.7 Å².